The molecule has 1 heterocycles. The number of aryl methyl sites for hydroxylation is 1. The van der Waals surface area contributed by atoms with Gasteiger partial charge in [0.15, 0.2) is 0 Å². The second-order valence-corrected chi connectivity index (χ2v) is 8.32. The molecule has 0 saturated carbocycles. The average molecular weight is 380 g/mol. The summed E-state index contributed by atoms with van der Waals surface area (Å²) < 4.78 is 7.17. The first-order valence-electron chi connectivity index (χ1n) is 9.82. The number of rotatable bonds is 11. The van der Waals surface area contributed by atoms with Gasteiger partial charge < -0.3 is 19.1 Å². The van der Waals surface area contributed by atoms with Crippen LogP contribution in [0.2, 0.25) is 0 Å². The molecule has 0 radical (unpaired) electrons. The zero-order chi connectivity index (χ0) is 20.4. The summed E-state index contributed by atoms with van der Waals surface area (Å²) in [4.78, 5) is 29.2. The highest BCUT2D eigenvalue weighted by molar-refractivity contribution is 5.85. The van der Waals surface area contributed by atoms with Gasteiger partial charge in [0.05, 0.1) is 19.7 Å². The lowest BCUT2D eigenvalue weighted by atomic mass is 9.91. The van der Waals surface area contributed by atoms with Crippen molar-refractivity contribution >= 4 is 11.8 Å². The van der Waals surface area contributed by atoms with E-state index < -0.39 is 0 Å². The molecule has 0 bridgehead atoms. The van der Waals surface area contributed by atoms with E-state index in [2.05, 4.69) is 6.92 Å². The second kappa shape index (κ2) is 11.1. The summed E-state index contributed by atoms with van der Waals surface area (Å²) in [5.41, 5.74) is 0.972. The minimum absolute atomic E-state index is 0.00204. The smallest absolute Gasteiger partial charge is 0.242 e. The standard InChI is InChI=1S/C21H37N3O3/c1-7-8-12-23(16-18-10-9-11-22(18)5)20(26)17-24(13-14-27-6)19(25)15-21(2,3)4/h9-11H,7-8,12-17H2,1-6H3. The molecule has 1 aromatic rings. The van der Waals surface area contributed by atoms with Crippen molar-refractivity contribution in [3.8, 4) is 0 Å². The first-order chi connectivity index (χ1) is 12.7. The molecule has 0 aliphatic carbocycles. The molecular weight excluding hydrogens is 342 g/mol. The van der Waals surface area contributed by atoms with Crippen molar-refractivity contribution in [1.29, 1.82) is 0 Å². The Kier molecular flexibility index (Phi) is 9.56. The number of carbonyl (C=O) groups excluding carboxylic acids is 2. The first kappa shape index (κ1) is 23.2. The summed E-state index contributed by atoms with van der Waals surface area (Å²) in [7, 11) is 3.59. The normalized spacial score (nSPS) is 11.5. The number of ether oxygens (including phenoxy) is 1. The number of methoxy groups -OCH3 is 1. The van der Waals surface area contributed by atoms with Gasteiger partial charge in [0.25, 0.3) is 0 Å². The maximum Gasteiger partial charge on any atom is 0.242 e. The number of unbranched alkanes of at least 4 members (excludes halogenated alkanes) is 1. The molecular formula is C21H37N3O3. The fourth-order valence-electron chi connectivity index (χ4n) is 2.82. The van der Waals surface area contributed by atoms with Gasteiger partial charge in [0.1, 0.15) is 0 Å². The molecule has 1 rings (SSSR count). The SMILES string of the molecule is CCCCN(Cc1cccn1C)C(=O)CN(CCOC)C(=O)CC(C)(C)C. The fraction of sp³-hybridized carbons (Fsp3) is 0.714. The number of hydrogen-bond acceptors (Lipinski definition) is 3. The topological polar surface area (TPSA) is 54.8 Å². The molecule has 2 amide bonds. The number of amides is 2. The van der Waals surface area contributed by atoms with E-state index in [1.807, 2.05) is 55.6 Å². The van der Waals surface area contributed by atoms with Crippen LogP contribution in [0.5, 0.6) is 0 Å². The molecule has 0 unspecified atom stereocenters. The molecule has 0 spiro atoms. The summed E-state index contributed by atoms with van der Waals surface area (Å²) in [6.45, 7) is 10.4. The van der Waals surface area contributed by atoms with Crippen LogP contribution in [0.25, 0.3) is 0 Å². The van der Waals surface area contributed by atoms with Crippen LogP contribution in [0.4, 0.5) is 0 Å². The lowest BCUT2D eigenvalue weighted by molar-refractivity contribution is -0.142. The van der Waals surface area contributed by atoms with Crippen molar-refractivity contribution in [3.05, 3.63) is 24.0 Å². The van der Waals surface area contributed by atoms with Gasteiger partial charge in [-0.25, -0.2) is 0 Å². The third-order valence-corrected chi connectivity index (χ3v) is 4.46. The highest BCUT2D eigenvalue weighted by atomic mass is 16.5. The summed E-state index contributed by atoms with van der Waals surface area (Å²) in [6.07, 6.45) is 4.36. The van der Waals surface area contributed by atoms with Crippen molar-refractivity contribution in [2.45, 2.75) is 53.5 Å². The van der Waals surface area contributed by atoms with Crippen molar-refractivity contribution in [2.75, 3.05) is 33.4 Å². The predicted molar refractivity (Wildman–Crippen MR) is 108 cm³/mol. The predicted octanol–water partition coefficient (Wildman–Crippen LogP) is 3.07. The largest absolute Gasteiger partial charge is 0.383 e. The van der Waals surface area contributed by atoms with E-state index in [1.165, 1.54) is 0 Å². The lowest BCUT2D eigenvalue weighted by Gasteiger charge is -2.29. The summed E-state index contributed by atoms with van der Waals surface area (Å²) in [5.74, 6) is -0.00906. The van der Waals surface area contributed by atoms with E-state index in [1.54, 1.807) is 12.0 Å². The third kappa shape index (κ3) is 8.61. The molecule has 0 aromatic carbocycles. The summed E-state index contributed by atoms with van der Waals surface area (Å²) in [5, 5.41) is 0. The Morgan fingerprint density at radius 3 is 2.37 bits per heavy atom. The molecule has 0 atom stereocenters. The van der Waals surface area contributed by atoms with Crippen LogP contribution < -0.4 is 0 Å². The van der Waals surface area contributed by atoms with Crippen LogP contribution in [0, 0.1) is 5.41 Å². The monoisotopic (exact) mass is 379 g/mol. The molecule has 0 saturated heterocycles. The van der Waals surface area contributed by atoms with Crippen LogP contribution in [-0.2, 0) is 27.9 Å². The quantitative estimate of drug-likeness (QED) is 0.594. The van der Waals surface area contributed by atoms with E-state index in [4.69, 9.17) is 4.74 Å². The molecule has 0 N–H and O–H groups in total. The van der Waals surface area contributed by atoms with Gasteiger partial charge in [-0.15, -0.1) is 0 Å². The van der Waals surface area contributed by atoms with Crippen molar-refractivity contribution in [3.63, 3.8) is 0 Å². The highest BCUT2D eigenvalue weighted by Crippen LogP contribution is 2.20. The van der Waals surface area contributed by atoms with E-state index >= 15 is 0 Å². The van der Waals surface area contributed by atoms with E-state index in [-0.39, 0.29) is 23.8 Å². The minimum Gasteiger partial charge on any atom is -0.383 e. The van der Waals surface area contributed by atoms with Crippen LogP contribution in [0.15, 0.2) is 18.3 Å². The summed E-state index contributed by atoms with van der Waals surface area (Å²) in [6, 6.07) is 4.01. The number of carbonyl (C=O) groups is 2. The van der Waals surface area contributed by atoms with Crippen LogP contribution >= 0.6 is 0 Å². The van der Waals surface area contributed by atoms with Gasteiger partial charge >= 0.3 is 0 Å². The Hall–Kier alpha value is -1.82. The Labute approximate surface area is 164 Å². The van der Waals surface area contributed by atoms with Crippen LogP contribution in [0.3, 0.4) is 0 Å². The molecule has 0 fully saturated rings. The highest BCUT2D eigenvalue weighted by Gasteiger charge is 2.25. The molecule has 0 aliphatic rings. The van der Waals surface area contributed by atoms with Gasteiger partial charge in [-0.1, -0.05) is 34.1 Å². The van der Waals surface area contributed by atoms with E-state index in [0.717, 1.165) is 18.5 Å². The van der Waals surface area contributed by atoms with Crippen molar-refractivity contribution < 1.29 is 14.3 Å². The second-order valence-electron chi connectivity index (χ2n) is 8.32. The van der Waals surface area contributed by atoms with Gasteiger partial charge in [-0.3, -0.25) is 9.59 Å². The van der Waals surface area contributed by atoms with Crippen molar-refractivity contribution in [1.82, 2.24) is 14.4 Å². The van der Waals surface area contributed by atoms with Gasteiger partial charge in [-0.05, 0) is 24.0 Å². The number of hydrogen-bond donors (Lipinski definition) is 0. The molecule has 0 aliphatic heterocycles. The van der Waals surface area contributed by atoms with E-state index in [0.29, 0.717) is 32.7 Å². The summed E-state index contributed by atoms with van der Waals surface area (Å²) >= 11 is 0. The molecule has 6 heteroatoms. The fourth-order valence-corrected chi connectivity index (χ4v) is 2.82. The number of aromatic nitrogens is 1. The third-order valence-electron chi connectivity index (χ3n) is 4.46. The Bertz CT molecular complexity index is 590. The number of nitrogens with zero attached hydrogens (tertiary/aromatic N) is 3. The zero-order valence-corrected chi connectivity index (χ0v) is 18.0. The zero-order valence-electron chi connectivity index (χ0n) is 18.0. The van der Waals surface area contributed by atoms with Crippen LogP contribution in [-0.4, -0.2) is 59.5 Å². The van der Waals surface area contributed by atoms with Gasteiger partial charge in [0.2, 0.25) is 11.8 Å². The Morgan fingerprint density at radius 1 is 1.15 bits per heavy atom. The van der Waals surface area contributed by atoms with E-state index in [9.17, 15) is 9.59 Å². The molecule has 1 aromatic heterocycles. The first-order valence-corrected chi connectivity index (χ1v) is 9.82. The van der Waals surface area contributed by atoms with Gasteiger partial charge in [-0.2, -0.15) is 0 Å². The molecule has 27 heavy (non-hydrogen) atoms. The maximum absolute atomic E-state index is 13.0. The maximum atomic E-state index is 13.0. The van der Waals surface area contributed by atoms with Gasteiger partial charge in [0, 0.05) is 45.6 Å². The van der Waals surface area contributed by atoms with Crippen molar-refractivity contribution in [2.24, 2.45) is 12.5 Å². The van der Waals surface area contributed by atoms with Crippen LogP contribution in [0.1, 0.15) is 52.7 Å². The minimum atomic E-state index is -0.115. The molecule has 6 nitrogen and oxygen atoms in total. The Morgan fingerprint density at radius 2 is 1.85 bits per heavy atom. The lowest BCUT2D eigenvalue weighted by Crippen LogP contribution is -2.45. The molecule has 154 valence electrons. The Balaban J connectivity index is 2.85. The average Bonchev–Trinajstić information content (AvgIpc) is 2.98.